The lowest BCUT2D eigenvalue weighted by Crippen LogP contribution is -2.35. The number of aromatic nitrogens is 1. The lowest BCUT2D eigenvalue weighted by Gasteiger charge is -2.19. The van der Waals surface area contributed by atoms with Gasteiger partial charge in [-0.3, -0.25) is 9.69 Å². The number of hydrogen-bond acceptors (Lipinski definition) is 4. The minimum absolute atomic E-state index is 0.0506. The normalized spacial score (nSPS) is 10.6. The van der Waals surface area contributed by atoms with Crippen molar-refractivity contribution >= 4 is 22.4 Å². The minimum atomic E-state index is -0.0765. The molecule has 3 aromatic rings. The van der Waals surface area contributed by atoms with Crippen LogP contribution in [0.4, 0.5) is 5.13 Å². The summed E-state index contributed by atoms with van der Waals surface area (Å²) in [5.74, 6) is -0.0765. The van der Waals surface area contributed by atoms with Crippen LogP contribution in [-0.2, 0) is 16.0 Å². The number of amides is 1. The second kappa shape index (κ2) is 8.55. The largest absolute Gasteiger partial charge is 0.375 e. The molecule has 3 rings (SSSR count). The summed E-state index contributed by atoms with van der Waals surface area (Å²) in [6.07, 6.45) is 0.774. The number of hydrogen-bond donors (Lipinski definition) is 0. The molecule has 0 aliphatic rings. The highest BCUT2D eigenvalue weighted by Crippen LogP contribution is 2.27. The molecule has 0 bridgehead atoms. The molecule has 0 atom stereocenters. The standard InChI is InChI=1S/C20H20N2O2S/c1-24-14-19(23)22(13-12-16-8-4-2-5-9-16)20-21-18(15-25-20)17-10-6-3-7-11-17/h2-11,15H,12-14H2,1H3. The zero-order chi connectivity index (χ0) is 17.5. The van der Waals surface area contributed by atoms with E-state index < -0.39 is 0 Å². The lowest BCUT2D eigenvalue weighted by molar-refractivity contribution is -0.122. The summed E-state index contributed by atoms with van der Waals surface area (Å²) < 4.78 is 5.04. The van der Waals surface area contributed by atoms with E-state index >= 15 is 0 Å². The first-order valence-electron chi connectivity index (χ1n) is 8.12. The number of anilines is 1. The van der Waals surface area contributed by atoms with Gasteiger partial charge < -0.3 is 4.74 Å². The van der Waals surface area contributed by atoms with Crippen molar-refractivity contribution in [3.8, 4) is 11.3 Å². The van der Waals surface area contributed by atoms with E-state index in [-0.39, 0.29) is 12.5 Å². The van der Waals surface area contributed by atoms with Crippen molar-refractivity contribution in [3.05, 3.63) is 71.6 Å². The maximum absolute atomic E-state index is 12.5. The van der Waals surface area contributed by atoms with E-state index in [1.165, 1.54) is 24.0 Å². The molecule has 4 nitrogen and oxygen atoms in total. The van der Waals surface area contributed by atoms with Crippen molar-refractivity contribution in [1.29, 1.82) is 0 Å². The number of methoxy groups -OCH3 is 1. The second-order valence-corrected chi connectivity index (χ2v) is 6.43. The lowest BCUT2D eigenvalue weighted by atomic mass is 10.1. The zero-order valence-corrected chi connectivity index (χ0v) is 14.9. The fourth-order valence-corrected chi connectivity index (χ4v) is 3.42. The summed E-state index contributed by atoms with van der Waals surface area (Å²) in [7, 11) is 1.53. The van der Waals surface area contributed by atoms with Crippen LogP contribution >= 0.6 is 11.3 Å². The van der Waals surface area contributed by atoms with Gasteiger partial charge in [0.2, 0.25) is 0 Å². The molecule has 0 spiro atoms. The van der Waals surface area contributed by atoms with Crippen molar-refractivity contribution < 1.29 is 9.53 Å². The van der Waals surface area contributed by atoms with Gasteiger partial charge in [0.25, 0.3) is 5.91 Å². The molecule has 2 aromatic carbocycles. The molecule has 0 fully saturated rings. The Kier molecular flexibility index (Phi) is 5.93. The third-order valence-electron chi connectivity index (χ3n) is 3.83. The zero-order valence-electron chi connectivity index (χ0n) is 14.1. The molecule has 1 aromatic heterocycles. The average molecular weight is 352 g/mol. The fourth-order valence-electron chi connectivity index (χ4n) is 2.54. The number of carbonyl (C=O) groups is 1. The van der Waals surface area contributed by atoms with E-state index in [0.29, 0.717) is 11.7 Å². The number of benzene rings is 2. The Hall–Kier alpha value is -2.50. The van der Waals surface area contributed by atoms with Crippen LogP contribution in [0.3, 0.4) is 0 Å². The highest BCUT2D eigenvalue weighted by atomic mass is 32.1. The summed E-state index contributed by atoms with van der Waals surface area (Å²) in [6.45, 7) is 0.628. The molecule has 0 aliphatic heterocycles. The molecule has 0 unspecified atom stereocenters. The Morgan fingerprint density at radius 1 is 1.08 bits per heavy atom. The molecule has 1 amide bonds. The fraction of sp³-hybridized carbons (Fsp3) is 0.200. The number of ether oxygens (including phenoxy) is 1. The maximum atomic E-state index is 12.5. The summed E-state index contributed by atoms with van der Waals surface area (Å²) in [6, 6.07) is 20.1. The molecular weight excluding hydrogens is 332 g/mol. The first-order valence-corrected chi connectivity index (χ1v) is 9.00. The molecule has 0 N–H and O–H groups in total. The van der Waals surface area contributed by atoms with Crippen LogP contribution in [-0.4, -0.2) is 31.2 Å². The van der Waals surface area contributed by atoms with Gasteiger partial charge in [-0.2, -0.15) is 0 Å². The first-order chi connectivity index (χ1) is 12.3. The van der Waals surface area contributed by atoms with E-state index in [0.717, 1.165) is 17.7 Å². The van der Waals surface area contributed by atoms with Crippen LogP contribution < -0.4 is 4.90 Å². The van der Waals surface area contributed by atoms with Crippen LogP contribution in [0.1, 0.15) is 5.56 Å². The Labute approximate surface area is 151 Å². The number of nitrogens with zero attached hydrogens (tertiary/aromatic N) is 2. The topological polar surface area (TPSA) is 42.4 Å². The summed E-state index contributed by atoms with van der Waals surface area (Å²) in [4.78, 5) is 18.9. The third kappa shape index (κ3) is 4.53. The SMILES string of the molecule is COCC(=O)N(CCc1ccccc1)c1nc(-c2ccccc2)cs1. The first kappa shape index (κ1) is 17.3. The molecule has 0 aliphatic carbocycles. The molecule has 0 radical (unpaired) electrons. The molecule has 25 heavy (non-hydrogen) atoms. The van der Waals surface area contributed by atoms with Crippen LogP contribution in [0, 0.1) is 0 Å². The summed E-state index contributed by atoms with van der Waals surface area (Å²) >= 11 is 1.48. The van der Waals surface area contributed by atoms with Gasteiger partial charge in [-0.05, 0) is 12.0 Å². The van der Waals surface area contributed by atoms with Gasteiger partial charge in [-0.15, -0.1) is 11.3 Å². The van der Waals surface area contributed by atoms with Gasteiger partial charge >= 0.3 is 0 Å². The van der Waals surface area contributed by atoms with Gasteiger partial charge in [-0.1, -0.05) is 60.7 Å². The Morgan fingerprint density at radius 2 is 1.76 bits per heavy atom. The smallest absolute Gasteiger partial charge is 0.254 e. The van der Waals surface area contributed by atoms with Crippen LogP contribution in [0.15, 0.2) is 66.0 Å². The van der Waals surface area contributed by atoms with Crippen molar-refractivity contribution in [1.82, 2.24) is 4.98 Å². The van der Waals surface area contributed by atoms with E-state index in [1.807, 2.05) is 53.9 Å². The van der Waals surface area contributed by atoms with Gasteiger partial charge in [0.1, 0.15) is 6.61 Å². The van der Waals surface area contributed by atoms with E-state index in [4.69, 9.17) is 4.74 Å². The minimum Gasteiger partial charge on any atom is -0.375 e. The number of thiazole rings is 1. The quantitative estimate of drug-likeness (QED) is 0.645. The predicted molar refractivity (Wildman–Crippen MR) is 102 cm³/mol. The molecular formula is C20H20N2O2S. The van der Waals surface area contributed by atoms with Crippen molar-refractivity contribution in [2.24, 2.45) is 0 Å². The van der Waals surface area contributed by atoms with Crippen molar-refractivity contribution in [3.63, 3.8) is 0 Å². The van der Waals surface area contributed by atoms with Gasteiger partial charge in [0, 0.05) is 24.6 Å². The van der Waals surface area contributed by atoms with E-state index in [9.17, 15) is 4.79 Å². The van der Waals surface area contributed by atoms with Crippen molar-refractivity contribution in [2.75, 3.05) is 25.2 Å². The molecule has 1 heterocycles. The maximum Gasteiger partial charge on any atom is 0.254 e. The molecule has 0 saturated heterocycles. The van der Waals surface area contributed by atoms with Crippen molar-refractivity contribution in [2.45, 2.75) is 6.42 Å². The molecule has 0 saturated carbocycles. The highest BCUT2D eigenvalue weighted by molar-refractivity contribution is 7.14. The molecule has 5 heteroatoms. The van der Waals surface area contributed by atoms with Gasteiger partial charge in [-0.25, -0.2) is 4.98 Å². The Bertz CT molecular complexity index is 803. The number of rotatable bonds is 7. The second-order valence-electron chi connectivity index (χ2n) is 5.60. The van der Waals surface area contributed by atoms with Gasteiger partial charge in [0.15, 0.2) is 5.13 Å². The monoisotopic (exact) mass is 352 g/mol. The predicted octanol–water partition coefficient (Wildman–Crippen LogP) is 4.03. The van der Waals surface area contributed by atoms with E-state index in [1.54, 1.807) is 4.90 Å². The Balaban J connectivity index is 1.79. The molecule has 128 valence electrons. The van der Waals surface area contributed by atoms with Crippen LogP contribution in [0.2, 0.25) is 0 Å². The third-order valence-corrected chi connectivity index (χ3v) is 4.69. The average Bonchev–Trinajstić information content (AvgIpc) is 3.14. The number of carbonyl (C=O) groups excluding carboxylic acids is 1. The van der Waals surface area contributed by atoms with Gasteiger partial charge in [0.05, 0.1) is 5.69 Å². The summed E-state index contributed by atoms with van der Waals surface area (Å²) in [5.41, 5.74) is 3.13. The van der Waals surface area contributed by atoms with Crippen LogP contribution in [0.5, 0.6) is 0 Å². The Morgan fingerprint density at radius 3 is 2.44 bits per heavy atom. The van der Waals surface area contributed by atoms with E-state index in [2.05, 4.69) is 17.1 Å². The van der Waals surface area contributed by atoms with Crippen LogP contribution in [0.25, 0.3) is 11.3 Å². The highest BCUT2D eigenvalue weighted by Gasteiger charge is 2.19. The summed E-state index contributed by atoms with van der Waals surface area (Å²) in [5, 5.41) is 2.69.